The Bertz CT molecular complexity index is 605. The highest BCUT2D eigenvalue weighted by atomic mass is 19.1. The van der Waals surface area contributed by atoms with Crippen molar-refractivity contribution in [2.24, 2.45) is 11.8 Å². The fourth-order valence-corrected chi connectivity index (χ4v) is 2.78. The second-order valence-electron chi connectivity index (χ2n) is 5.62. The fourth-order valence-electron chi connectivity index (χ4n) is 2.78. The Kier molecular flexibility index (Phi) is 5.59. The van der Waals surface area contributed by atoms with Crippen LogP contribution >= 0.6 is 0 Å². The molecule has 2 rings (SSSR count). The minimum absolute atomic E-state index is 0.0591. The van der Waals surface area contributed by atoms with Crippen molar-refractivity contribution in [3.63, 3.8) is 0 Å². The molecule has 0 unspecified atom stereocenters. The Morgan fingerprint density at radius 2 is 2.05 bits per heavy atom. The van der Waals surface area contributed by atoms with E-state index < -0.39 is 5.82 Å². The zero-order valence-electron chi connectivity index (χ0n) is 12.4. The predicted molar refractivity (Wildman–Crippen MR) is 82.9 cm³/mol. The summed E-state index contributed by atoms with van der Waals surface area (Å²) in [5, 5.41) is 8.67. The van der Waals surface area contributed by atoms with Gasteiger partial charge in [0.1, 0.15) is 11.9 Å². The molecule has 1 nitrogen and oxygen atoms in total. The fraction of sp³-hybridized carbons (Fsp3) is 0.421. The molecule has 0 radical (unpaired) electrons. The van der Waals surface area contributed by atoms with Gasteiger partial charge >= 0.3 is 0 Å². The molecule has 0 heterocycles. The van der Waals surface area contributed by atoms with E-state index in [1.807, 2.05) is 6.08 Å². The van der Waals surface area contributed by atoms with E-state index in [4.69, 9.17) is 5.26 Å². The zero-order chi connectivity index (χ0) is 15.1. The maximum absolute atomic E-state index is 13.4. The first-order valence-corrected chi connectivity index (χ1v) is 7.60. The maximum atomic E-state index is 13.4. The molecule has 108 valence electrons. The van der Waals surface area contributed by atoms with Gasteiger partial charge in [-0.3, -0.25) is 0 Å². The summed E-state index contributed by atoms with van der Waals surface area (Å²) >= 11 is 0. The van der Waals surface area contributed by atoms with Crippen molar-refractivity contribution < 1.29 is 4.39 Å². The van der Waals surface area contributed by atoms with Gasteiger partial charge in [-0.25, -0.2) is 4.39 Å². The Balaban J connectivity index is 1.90. The highest BCUT2D eigenvalue weighted by Gasteiger charge is 2.17. The molecule has 2 heteroatoms. The number of nitriles is 1. The standard InChI is InChI=1S/C19H20FN/c1-2-15-7-9-16(10-8-15)5-3-4-6-17-11-12-18(14-21)19(20)13-17/h3,5,11-13,15-16H,2,7-10H2,1H3/b5-3+. The van der Waals surface area contributed by atoms with Gasteiger partial charge in [0.15, 0.2) is 0 Å². The summed E-state index contributed by atoms with van der Waals surface area (Å²) in [6, 6.07) is 6.26. The molecule has 21 heavy (non-hydrogen) atoms. The van der Waals surface area contributed by atoms with Gasteiger partial charge in [0, 0.05) is 5.56 Å². The van der Waals surface area contributed by atoms with Gasteiger partial charge in [0.25, 0.3) is 0 Å². The summed E-state index contributed by atoms with van der Waals surface area (Å²) in [7, 11) is 0. The molecule has 1 fully saturated rings. The van der Waals surface area contributed by atoms with E-state index in [1.54, 1.807) is 12.1 Å². The van der Waals surface area contributed by atoms with Crippen LogP contribution in [0.4, 0.5) is 4.39 Å². The topological polar surface area (TPSA) is 23.8 Å². The van der Waals surface area contributed by atoms with Crippen molar-refractivity contribution in [3.05, 3.63) is 47.3 Å². The van der Waals surface area contributed by atoms with Gasteiger partial charge in [-0.15, -0.1) is 0 Å². The lowest BCUT2D eigenvalue weighted by Gasteiger charge is -2.25. The molecular formula is C19H20FN. The summed E-state index contributed by atoms with van der Waals surface area (Å²) in [5.74, 6) is 6.90. The number of nitrogens with zero attached hydrogens (tertiary/aromatic N) is 1. The monoisotopic (exact) mass is 281 g/mol. The van der Waals surface area contributed by atoms with E-state index >= 15 is 0 Å². The number of benzene rings is 1. The lowest BCUT2D eigenvalue weighted by molar-refractivity contribution is 0.304. The van der Waals surface area contributed by atoms with Gasteiger partial charge in [-0.1, -0.05) is 31.3 Å². The van der Waals surface area contributed by atoms with E-state index in [1.165, 1.54) is 44.2 Å². The van der Waals surface area contributed by atoms with E-state index in [9.17, 15) is 4.39 Å². The van der Waals surface area contributed by atoms with Crippen LogP contribution in [0, 0.1) is 40.8 Å². The largest absolute Gasteiger partial charge is 0.206 e. The molecule has 1 saturated carbocycles. The van der Waals surface area contributed by atoms with Gasteiger partial charge in [0.2, 0.25) is 0 Å². The van der Waals surface area contributed by atoms with Crippen LogP contribution in [0.1, 0.15) is 50.2 Å². The van der Waals surface area contributed by atoms with Crippen LogP contribution in [0.5, 0.6) is 0 Å². The average Bonchev–Trinajstić information content (AvgIpc) is 2.52. The molecular weight excluding hydrogens is 261 g/mol. The molecule has 0 N–H and O–H groups in total. The normalized spacial score (nSPS) is 21.6. The summed E-state index contributed by atoms with van der Waals surface area (Å²) in [6.45, 7) is 2.27. The van der Waals surface area contributed by atoms with Crippen LogP contribution in [-0.4, -0.2) is 0 Å². The number of rotatable bonds is 2. The van der Waals surface area contributed by atoms with Gasteiger partial charge < -0.3 is 0 Å². The molecule has 0 atom stereocenters. The molecule has 0 saturated heterocycles. The number of hydrogen-bond donors (Lipinski definition) is 0. The minimum atomic E-state index is -0.508. The average molecular weight is 281 g/mol. The Labute approximate surface area is 126 Å². The Hall–Kier alpha value is -2.06. The summed E-state index contributed by atoms with van der Waals surface area (Å²) in [5.41, 5.74) is 0.662. The molecule has 1 aromatic carbocycles. The number of hydrogen-bond acceptors (Lipinski definition) is 1. The molecule has 1 aliphatic carbocycles. The lowest BCUT2D eigenvalue weighted by Crippen LogP contribution is -2.11. The molecule has 1 aromatic rings. The van der Waals surface area contributed by atoms with Crippen molar-refractivity contribution in [2.45, 2.75) is 39.0 Å². The zero-order valence-corrected chi connectivity index (χ0v) is 12.4. The van der Waals surface area contributed by atoms with Gasteiger partial charge in [-0.2, -0.15) is 5.26 Å². The van der Waals surface area contributed by atoms with Gasteiger partial charge in [0.05, 0.1) is 5.56 Å². The van der Waals surface area contributed by atoms with Crippen LogP contribution in [0.25, 0.3) is 0 Å². The maximum Gasteiger partial charge on any atom is 0.142 e. The third kappa shape index (κ3) is 4.47. The van der Waals surface area contributed by atoms with E-state index in [-0.39, 0.29) is 5.56 Å². The lowest BCUT2D eigenvalue weighted by atomic mass is 9.81. The number of allylic oxidation sites excluding steroid dienone is 2. The third-order valence-corrected chi connectivity index (χ3v) is 4.23. The summed E-state index contributed by atoms with van der Waals surface area (Å²) in [4.78, 5) is 0. The van der Waals surface area contributed by atoms with Crippen LogP contribution in [0.2, 0.25) is 0 Å². The first-order valence-electron chi connectivity index (χ1n) is 7.60. The summed E-state index contributed by atoms with van der Waals surface area (Å²) in [6.07, 6.45) is 10.5. The van der Waals surface area contributed by atoms with Crippen LogP contribution in [0.3, 0.4) is 0 Å². The molecule has 0 spiro atoms. The first kappa shape index (κ1) is 15.3. The number of halogens is 1. The van der Waals surface area contributed by atoms with Crippen LogP contribution in [-0.2, 0) is 0 Å². The van der Waals surface area contributed by atoms with Crippen LogP contribution in [0.15, 0.2) is 30.4 Å². The minimum Gasteiger partial charge on any atom is -0.206 e. The summed E-state index contributed by atoms with van der Waals surface area (Å²) < 4.78 is 13.4. The first-order chi connectivity index (χ1) is 10.2. The molecule has 0 aromatic heterocycles. The van der Waals surface area contributed by atoms with Crippen molar-refractivity contribution in [2.75, 3.05) is 0 Å². The molecule has 0 amide bonds. The molecule has 0 aliphatic heterocycles. The van der Waals surface area contributed by atoms with Crippen molar-refractivity contribution in [3.8, 4) is 17.9 Å². The van der Waals surface area contributed by atoms with Gasteiger partial charge in [-0.05, 0) is 61.8 Å². The third-order valence-electron chi connectivity index (χ3n) is 4.23. The second kappa shape index (κ2) is 7.65. The highest BCUT2D eigenvalue weighted by Crippen LogP contribution is 2.31. The Morgan fingerprint density at radius 3 is 2.67 bits per heavy atom. The van der Waals surface area contributed by atoms with Crippen molar-refractivity contribution >= 4 is 0 Å². The van der Waals surface area contributed by atoms with E-state index in [0.717, 1.165) is 5.92 Å². The second-order valence-corrected chi connectivity index (χ2v) is 5.62. The Morgan fingerprint density at radius 1 is 1.29 bits per heavy atom. The van der Waals surface area contributed by atoms with Crippen molar-refractivity contribution in [1.29, 1.82) is 5.26 Å². The molecule has 1 aliphatic rings. The van der Waals surface area contributed by atoms with E-state index in [0.29, 0.717) is 11.5 Å². The van der Waals surface area contributed by atoms with E-state index in [2.05, 4.69) is 24.8 Å². The molecule has 0 bridgehead atoms. The predicted octanol–water partition coefficient (Wildman–Crippen LogP) is 4.82. The smallest absolute Gasteiger partial charge is 0.142 e. The highest BCUT2D eigenvalue weighted by molar-refractivity contribution is 5.42. The van der Waals surface area contributed by atoms with Crippen LogP contribution < -0.4 is 0 Å². The van der Waals surface area contributed by atoms with Crippen molar-refractivity contribution in [1.82, 2.24) is 0 Å². The quantitative estimate of drug-likeness (QED) is 0.713. The SMILES string of the molecule is CCC1CCC(/C=C/C#Cc2ccc(C#N)c(F)c2)CC1.